The highest BCUT2D eigenvalue weighted by atomic mass is 16.6. The molecule has 1 aliphatic heterocycles. The van der Waals surface area contributed by atoms with Gasteiger partial charge in [-0.3, -0.25) is 10.1 Å². The molecule has 1 aromatic rings. The first-order valence-electron chi connectivity index (χ1n) is 6.75. The van der Waals surface area contributed by atoms with E-state index in [1.54, 1.807) is 12.1 Å². The van der Waals surface area contributed by atoms with E-state index in [2.05, 4.69) is 10.2 Å². The van der Waals surface area contributed by atoms with Gasteiger partial charge in [0.25, 0.3) is 5.69 Å². The number of hydrogen-bond acceptors (Lipinski definition) is 4. The van der Waals surface area contributed by atoms with Crippen LogP contribution in [0.4, 0.5) is 11.4 Å². The minimum Gasteiger partial charge on any atom is -0.374 e. The standard InChI is InChI=1S/C14H21N3O2/c1-11-5-6-13(17(18)19)8-14(11)16(2)10-12-4-3-7-15-9-12/h5-6,8,12,15H,3-4,7,9-10H2,1-2H3. The van der Waals surface area contributed by atoms with Crippen LogP contribution in [0, 0.1) is 23.0 Å². The predicted molar refractivity (Wildman–Crippen MR) is 76.7 cm³/mol. The number of aryl methyl sites for hydroxylation is 1. The SMILES string of the molecule is Cc1ccc([N+](=O)[O-])cc1N(C)CC1CCCNC1. The van der Waals surface area contributed by atoms with Crippen molar-refractivity contribution >= 4 is 11.4 Å². The predicted octanol–water partition coefficient (Wildman–Crippen LogP) is 2.34. The molecular formula is C14H21N3O2. The topological polar surface area (TPSA) is 58.4 Å². The van der Waals surface area contributed by atoms with Gasteiger partial charge >= 0.3 is 0 Å². The highest BCUT2D eigenvalue weighted by Crippen LogP contribution is 2.26. The van der Waals surface area contributed by atoms with Gasteiger partial charge in [0, 0.05) is 31.4 Å². The summed E-state index contributed by atoms with van der Waals surface area (Å²) in [6, 6.07) is 5.06. The fourth-order valence-corrected chi connectivity index (χ4v) is 2.69. The lowest BCUT2D eigenvalue weighted by atomic mass is 9.99. The highest BCUT2D eigenvalue weighted by Gasteiger charge is 2.17. The molecule has 1 saturated heterocycles. The molecule has 104 valence electrons. The van der Waals surface area contributed by atoms with Crippen LogP contribution in [0.25, 0.3) is 0 Å². The Morgan fingerprint density at radius 2 is 2.32 bits per heavy atom. The number of anilines is 1. The van der Waals surface area contributed by atoms with Gasteiger partial charge in [-0.15, -0.1) is 0 Å². The van der Waals surface area contributed by atoms with Crippen molar-refractivity contribution in [1.82, 2.24) is 5.32 Å². The Morgan fingerprint density at radius 3 is 2.95 bits per heavy atom. The maximum absolute atomic E-state index is 10.9. The number of nitrogens with zero attached hydrogens (tertiary/aromatic N) is 2. The molecule has 2 rings (SSSR count). The molecule has 0 aliphatic carbocycles. The quantitative estimate of drug-likeness (QED) is 0.669. The zero-order valence-electron chi connectivity index (χ0n) is 11.6. The summed E-state index contributed by atoms with van der Waals surface area (Å²) < 4.78 is 0. The number of benzene rings is 1. The van der Waals surface area contributed by atoms with Crippen LogP contribution >= 0.6 is 0 Å². The fourth-order valence-electron chi connectivity index (χ4n) is 2.69. The van der Waals surface area contributed by atoms with E-state index < -0.39 is 0 Å². The van der Waals surface area contributed by atoms with Crippen molar-refractivity contribution in [3.8, 4) is 0 Å². The van der Waals surface area contributed by atoms with Crippen molar-refractivity contribution in [1.29, 1.82) is 0 Å². The molecule has 1 aromatic carbocycles. The third-order valence-electron chi connectivity index (χ3n) is 3.75. The highest BCUT2D eigenvalue weighted by molar-refractivity contribution is 5.58. The normalized spacial score (nSPS) is 19.2. The van der Waals surface area contributed by atoms with Crippen LogP contribution in [0.15, 0.2) is 18.2 Å². The van der Waals surface area contributed by atoms with Crippen molar-refractivity contribution in [2.45, 2.75) is 19.8 Å². The Labute approximate surface area is 113 Å². The fraction of sp³-hybridized carbons (Fsp3) is 0.571. The molecule has 5 heteroatoms. The van der Waals surface area contributed by atoms with E-state index >= 15 is 0 Å². The van der Waals surface area contributed by atoms with E-state index in [0.717, 1.165) is 30.9 Å². The number of piperidine rings is 1. The van der Waals surface area contributed by atoms with Crippen LogP contribution < -0.4 is 10.2 Å². The Hall–Kier alpha value is -1.62. The Bertz CT molecular complexity index is 456. The summed E-state index contributed by atoms with van der Waals surface area (Å²) in [5.41, 5.74) is 2.20. The Kier molecular flexibility index (Phi) is 4.37. The van der Waals surface area contributed by atoms with E-state index in [0.29, 0.717) is 5.92 Å². The van der Waals surface area contributed by atoms with Crippen LogP contribution in [0.3, 0.4) is 0 Å². The molecule has 0 bridgehead atoms. The van der Waals surface area contributed by atoms with Gasteiger partial charge in [0.05, 0.1) is 4.92 Å². The van der Waals surface area contributed by atoms with Crippen molar-refractivity contribution in [2.75, 3.05) is 31.6 Å². The summed E-state index contributed by atoms with van der Waals surface area (Å²) in [6.45, 7) is 5.08. The van der Waals surface area contributed by atoms with Gasteiger partial charge in [0.1, 0.15) is 0 Å². The first-order valence-corrected chi connectivity index (χ1v) is 6.75. The lowest BCUT2D eigenvalue weighted by molar-refractivity contribution is -0.384. The third kappa shape index (κ3) is 3.44. The number of rotatable bonds is 4. The molecule has 1 atom stereocenters. The zero-order valence-corrected chi connectivity index (χ0v) is 11.6. The first-order chi connectivity index (χ1) is 9.08. The molecule has 19 heavy (non-hydrogen) atoms. The zero-order chi connectivity index (χ0) is 13.8. The molecule has 1 unspecified atom stereocenters. The molecule has 1 fully saturated rings. The second-order valence-electron chi connectivity index (χ2n) is 5.32. The second-order valence-corrected chi connectivity index (χ2v) is 5.32. The van der Waals surface area contributed by atoms with Crippen molar-refractivity contribution in [3.63, 3.8) is 0 Å². The van der Waals surface area contributed by atoms with Crippen LogP contribution in [0.1, 0.15) is 18.4 Å². The van der Waals surface area contributed by atoms with Crippen LogP contribution in [-0.2, 0) is 0 Å². The van der Waals surface area contributed by atoms with Crippen LogP contribution in [0.5, 0.6) is 0 Å². The molecule has 1 N–H and O–H groups in total. The van der Waals surface area contributed by atoms with Crippen molar-refractivity contribution in [3.05, 3.63) is 33.9 Å². The molecule has 0 radical (unpaired) electrons. The van der Waals surface area contributed by atoms with Gasteiger partial charge in [0.2, 0.25) is 0 Å². The van der Waals surface area contributed by atoms with Gasteiger partial charge in [-0.2, -0.15) is 0 Å². The lowest BCUT2D eigenvalue weighted by Gasteiger charge is -2.29. The first kappa shape index (κ1) is 13.8. The van der Waals surface area contributed by atoms with Gasteiger partial charge < -0.3 is 10.2 Å². The molecule has 0 aromatic heterocycles. The number of nitro groups is 1. The minimum atomic E-state index is -0.334. The monoisotopic (exact) mass is 263 g/mol. The van der Waals surface area contributed by atoms with Crippen LogP contribution in [-0.4, -0.2) is 31.6 Å². The largest absolute Gasteiger partial charge is 0.374 e. The Balaban J connectivity index is 2.10. The molecule has 5 nitrogen and oxygen atoms in total. The van der Waals surface area contributed by atoms with E-state index in [-0.39, 0.29) is 10.6 Å². The van der Waals surface area contributed by atoms with Gasteiger partial charge in [0.15, 0.2) is 0 Å². The smallest absolute Gasteiger partial charge is 0.271 e. The summed E-state index contributed by atoms with van der Waals surface area (Å²) in [4.78, 5) is 12.7. The lowest BCUT2D eigenvalue weighted by Crippen LogP contribution is -2.37. The summed E-state index contributed by atoms with van der Waals surface area (Å²) in [5.74, 6) is 0.623. The van der Waals surface area contributed by atoms with Gasteiger partial charge in [-0.05, 0) is 44.3 Å². The van der Waals surface area contributed by atoms with E-state index in [4.69, 9.17) is 0 Å². The number of nitro benzene ring substituents is 1. The molecular weight excluding hydrogens is 242 g/mol. The van der Waals surface area contributed by atoms with Crippen LogP contribution in [0.2, 0.25) is 0 Å². The molecule has 0 saturated carbocycles. The molecule has 1 heterocycles. The minimum absolute atomic E-state index is 0.161. The average molecular weight is 263 g/mol. The molecule has 0 spiro atoms. The summed E-state index contributed by atoms with van der Waals surface area (Å²) in [7, 11) is 2.01. The summed E-state index contributed by atoms with van der Waals surface area (Å²) >= 11 is 0. The average Bonchev–Trinajstić information content (AvgIpc) is 2.40. The van der Waals surface area contributed by atoms with E-state index in [1.165, 1.54) is 12.8 Å². The molecule has 1 aliphatic rings. The number of nitrogens with one attached hydrogen (secondary N) is 1. The van der Waals surface area contributed by atoms with Gasteiger partial charge in [-0.1, -0.05) is 6.07 Å². The third-order valence-corrected chi connectivity index (χ3v) is 3.75. The number of hydrogen-bond donors (Lipinski definition) is 1. The summed E-state index contributed by atoms with van der Waals surface area (Å²) in [5, 5.41) is 14.3. The van der Waals surface area contributed by atoms with Crippen molar-refractivity contribution < 1.29 is 4.92 Å². The number of non-ortho nitro benzene ring substituents is 1. The van der Waals surface area contributed by atoms with E-state index in [9.17, 15) is 10.1 Å². The van der Waals surface area contributed by atoms with E-state index in [1.807, 2.05) is 20.0 Å². The maximum Gasteiger partial charge on any atom is 0.271 e. The maximum atomic E-state index is 10.9. The molecule has 0 amide bonds. The summed E-state index contributed by atoms with van der Waals surface area (Å²) in [6.07, 6.45) is 2.44. The second kappa shape index (κ2) is 6.02. The van der Waals surface area contributed by atoms with Crippen molar-refractivity contribution in [2.24, 2.45) is 5.92 Å². The van der Waals surface area contributed by atoms with Gasteiger partial charge in [-0.25, -0.2) is 0 Å². The Morgan fingerprint density at radius 1 is 1.53 bits per heavy atom.